The number of hydrogen-bond acceptors (Lipinski definition) is 4. The molecular formula is C22H21NO3S. The van der Waals surface area contributed by atoms with Crippen molar-refractivity contribution < 1.29 is 12.6 Å². The SMILES string of the molecule is Cc1ccc(S(=O)(=O)Oc2ccc(C=Nc3ccc(C)c(C)c3)cc2)cc1. The van der Waals surface area contributed by atoms with Crippen molar-refractivity contribution in [3.05, 3.63) is 89.0 Å². The van der Waals surface area contributed by atoms with E-state index in [1.165, 1.54) is 23.3 Å². The van der Waals surface area contributed by atoms with Crippen LogP contribution in [-0.2, 0) is 10.1 Å². The largest absolute Gasteiger partial charge is 0.379 e. The third-order valence-corrected chi connectivity index (χ3v) is 5.51. The number of aliphatic imine (C=N–C) groups is 1. The second-order valence-corrected chi connectivity index (χ2v) is 7.99. The third-order valence-electron chi connectivity index (χ3n) is 4.25. The van der Waals surface area contributed by atoms with Gasteiger partial charge in [0, 0.05) is 6.21 Å². The van der Waals surface area contributed by atoms with Gasteiger partial charge in [-0.05, 0) is 86.0 Å². The van der Waals surface area contributed by atoms with Gasteiger partial charge in [0.2, 0.25) is 0 Å². The molecule has 4 nitrogen and oxygen atoms in total. The number of rotatable bonds is 5. The molecule has 0 radical (unpaired) electrons. The predicted molar refractivity (Wildman–Crippen MR) is 109 cm³/mol. The molecule has 0 fully saturated rings. The fraction of sp³-hybridized carbons (Fsp3) is 0.136. The molecular weight excluding hydrogens is 358 g/mol. The van der Waals surface area contributed by atoms with Gasteiger partial charge in [-0.25, -0.2) is 0 Å². The molecule has 0 saturated carbocycles. The highest BCUT2D eigenvalue weighted by Gasteiger charge is 2.16. The normalized spacial score (nSPS) is 11.7. The van der Waals surface area contributed by atoms with Crippen LogP contribution in [0.2, 0.25) is 0 Å². The molecule has 138 valence electrons. The van der Waals surface area contributed by atoms with Crippen LogP contribution in [0, 0.1) is 20.8 Å². The highest BCUT2D eigenvalue weighted by atomic mass is 32.2. The maximum absolute atomic E-state index is 12.3. The molecule has 0 atom stereocenters. The average molecular weight is 379 g/mol. The Hall–Kier alpha value is -2.92. The number of hydrogen-bond donors (Lipinski definition) is 0. The van der Waals surface area contributed by atoms with Gasteiger partial charge >= 0.3 is 10.1 Å². The molecule has 0 spiro atoms. The van der Waals surface area contributed by atoms with Crippen LogP contribution in [-0.4, -0.2) is 14.6 Å². The first-order valence-corrected chi connectivity index (χ1v) is 9.97. The molecule has 0 bridgehead atoms. The number of benzene rings is 3. The topological polar surface area (TPSA) is 55.7 Å². The minimum Gasteiger partial charge on any atom is -0.379 e. The summed E-state index contributed by atoms with van der Waals surface area (Å²) in [6.45, 7) is 6.01. The Bertz CT molecular complexity index is 1070. The molecule has 0 aliphatic heterocycles. The summed E-state index contributed by atoms with van der Waals surface area (Å²) in [5, 5.41) is 0. The summed E-state index contributed by atoms with van der Waals surface area (Å²) in [5.41, 5.74) is 5.13. The van der Waals surface area contributed by atoms with Gasteiger partial charge < -0.3 is 4.18 Å². The van der Waals surface area contributed by atoms with Crippen LogP contribution < -0.4 is 4.18 Å². The van der Waals surface area contributed by atoms with Crippen molar-refractivity contribution in [2.24, 2.45) is 4.99 Å². The summed E-state index contributed by atoms with van der Waals surface area (Å²) in [5.74, 6) is 0.263. The molecule has 0 unspecified atom stereocenters. The summed E-state index contributed by atoms with van der Waals surface area (Å²) in [7, 11) is -3.84. The summed E-state index contributed by atoms with van der Waals surface area (Å²) in [4.78, 5) is 4.59. The van der Waals surface area contributed by atoms with Gasteiger partial charge in [0.05, 0.1) is 5.69 Å². The van der Waals surface area contributed by atoms with Crippen LogP contribution >= 0.6 is 0 Å². The standard InChI is InChI=1S/C22H21NO3S/c1-16-4-12-22(13-5-16)27(24,25)26-21-10-7-19(8-11-21)15-23-20-9-6-17(2)18(3)14-20/h4-15H,1-3H3. The van der Waals surface area contributed by atoms with Crippen LogP contribution in [0.3, 0.4) is 0 Å². The Labute approximate surface area is 160 Å². The van der Waals surface area contributed by atoms with Crippen LogP contribution in [0.25, 0.3) is 0 Å². The third kappa shape index (κ3) is 4.83. The van der Waals surface area contributed by atoms with Gasteiger partial charge in [-0.1, -0.05) is 23.8 Å². The molecule has 0 aliphatic carbocycles. The Morgan fingerprint density at radius 1 is 0.815 bits per heavy atom. The van der Waals surface area contributed by atoms with Gasteiger partial charge in [0.25, 0.3) is 0 Å². The fourth-order valence-electron chi connectivity index (χ4n) is 2.44. The lowest BCUT2D eigenvalue weighted by molar-refractivity contribution is 0.486. The lowest BCUT2D eigenvalue weighted by Crippen LogP contribution is -2.09. The minimum atomic E-state index is -3.84. The van der Waals surface area contributed by atoms with Gasteiger partial charge in [0.15, 0.2) is 0 Å². The van der Waals surface area contributed by atoms with E-state index in [4.69, 9.17) is 4.18 Å². The molecule has 3 aromatic carbocycles. The lowest BCUT2D eigenvalue weighted by atomic mass is 10.1. The van der Waals surface area contributed by atoms with Crippen molar-refractivity contribution in [2.75, 3.05) is 0 Å². The highest BCUT2D eigenvalue weighted by Crippen LogP contribution is 2.20. The second-order valence-electron chi connectivity index (χ2n) is 6.45. The maximum atomic E-state index is 12.3. The van der Waals surface area contributed by atoms with E-state index < -0.39 is 10.1 Å². The van der Waals surface area contributed by atoms with Gasteiger partial charge in [-0.2, -0.15) is 8.42 Å². The van der Waals surface area contributed by atoms with Crippen LogP contribution in [0.5, 0.6) is 5.75 Å². The minimum absolute atomic E-state index is 0.133. The maximum Gasteiger partial charge on any atom is 0.339 e. The predicted octanol–water partition coefficient (Wildman–Crippen LogP) is 5.13. The van der Waals surface area contributed by atoms with E-state index in [1.807, 2.05) is 25.1 Å². The van der Waals surface area contributed by atoms with Gasteiger partial charge in [0.1, 0.15) is 10.6 Å². The number of aryl methyl sites for hydroxylation is 3. The van der Waals surface area contributed by atoms with Crippen molar-refractivity contribution >= 4 is 22.0 Å². The summed E-state index contributed by atoms with van der Waals surface area (Å²) in [6.07, 6.45) is 1.74. The van der Waals surface area contributed by atoms with Gasteiger partial charge in [-0.3, -0.25) is 4.99 Å². The zero-order valence-corrected chi connectivity index (χ0v) is 16.3. The summed E-state index contributed by atoms with van der Waals surface area (Å²) in [6, 6.07) is 19.3. The smallest absolute Gasteiger partial charge is 0.339 e. The lowest BCUT2D eigenvalue weighted by Gasteiger charge is -2.07. The molecule has 0 aliphatic rings. The molecule has 0 aromatic heterocycles. The van der Waals surface area contributed by atoms with E-state index in [-0.39, 0.29) is 10.6 Å². The molecule has 5 heteroatoms. The zero-order valence-electron chi connectivity index (χ0n) is 15.5. The Morgan fingerprint density at radius 2 is 1.48 bits per heavy atom. The van der Waals surface area contributed by atoms with E-state index in [2.05, 4.69) is 18.8 Å². The fourth-order valence-corrected chi connectivity index (χ4v) is 3.37. The Morgan fingerprint density at radius 3 is 2.11 bits per heavy atom. The Kier molecular flexibility index (Phi) is 5.42. The van der Waals surface area contributed by atoms with Crippen LogP contribution in [0.15, 0.2) is 76.6 Å². The second kappa shape index (κ2) is 7.76. The monoisotopic (exact) mass is 379 g/mol. The first kappa shape index (κ1) is 18.9. The molecule has 3 rings (SSSR count). The molecule has 0 N–H and O–H groups in total. The van der Waals surface area contributed by atoms with Crippen molar-refractivity contribution in [3.63, 3.8) is 0 Å². The van der Waals surface area contributed by atoms with Crippen molar-refractivity contribution in [2.45, 2.75) is 25.7 Å². The van der Waals surface area contributed by atoms with Crippen molar-refractivity contribution in [1.29, 1.82) is 0 Å². The van der Waals surface area contributed by atoms with E-state index in [9.17, 15) is 8.42 Å². The van der Waals surface area contributed by atoms with E-state index in [0.717, 1.165) is 16.8 Å². The molecule has 0 heterocycles. The van der Waals surface area contributed by atoms with Crippen molar-refractivity contribution in [1.82, 2.24) is 0 Å². The molecule has 27 heavy (non-hydrogen) atoms. The van der Waals surface area contributed by atoms with Gasteiger partial charge in [-0.15, -0.1) is 0 Å². The zero-order chi connectivity index (χ0) is 19.4. The van der Waals surface area contributed by atoms with Crippen LogP contribution in [0.4, 0.5) is 5.69 Å². The highest BCUT2D eigenvalue weighted by molar-refractivity contribution is 7.87. The average Bonchev–Trinajstić information content (AvgIpc) is 2.64. The summed E-state index contributed by atoms with van der Waals surface area (Å²) >= 11 is 0. The summed E-state index contributed by atoms with van der Waals surface area (Å²) < 4.78 is 29.8. The molecule has 0 amide bonds. The first-order chi connectivity index (χ1) is 12.8. The first-order valence-electron chi connectivity index (χ1n) is 8.56. The van der Waals surface area contributed by atoms with Crippen LogP contribution in [0.1, 0.15) is 22.3 Å². The number of nitrogens with zero attached hydrogens (tertiary/aromatic N) is 1. The quantitative estimate of drug-likeness (QED) is 0.456. The van der Waals surface area contributed by atoms with E-state index in [1.54, 1.807) is 42.6 Å². The van der Waals surface area contributed by atoms with E-state index >= 15 is 0 Å². The van der Waals surface area contributed by atoms with E-state index in [0.29, 0.717) is 0 Å². The molecule has 3 aromatic rings. The molecule has 0 saturated heterocycles. The Balaban J connectivity index is 1.72. The van der Waals surface area contributed by atoms with Crippen molar-refractivity contribution in [3.8, 4) is 5.75 Å².